The second kappa shape index (κ2) is 11.1. The van der Waals surface area contributed by atoms with E-state index in [2.05, 4.69) is 19.1 Å². The summed E-state index contributed by atoms with van der Waals surface area (Å²) in [5, 5.41) is 0. The summed E-state index contributed by atoms with van der Waals surface area (Å²) in [6.07, 6.45) is 15.0. The van der Waals surface area contributed by atoms with Crippen LogP contribution in [-0.4, -0.2) is 11.6 Å². The largest absolute Gasteiger partial charge is 0.300 e. The predicted octanol–water partition coefficient (Wildman–Crippen LogP) is 3.78. The minimum atomic E-state index is 0.0833. The predicted molar refractivity (Wildman–Crippen MR) is 71.9 cm³/mol. The molecule has 0 saturated heterocycles. The monoisotopic (exact) mass is 234 g/mol. The van der Waals surface area contributed by atoms with Crippen LogP contribution >= 0.6 is 0 Å². The van der Waals surface area contributed by atoms with E-state index >= 15 is 0 Å². The van der Waals surface area contributed by atoms with Crippen molar-refractivity contribution in [2.75, 3.05) is 0 Å². The van der Waals surface area contributed by atoms with Crippen molar-refractivity contribution in [2.24, 2.45) is 0 Å². The zero-order valence-electron chi connectivity index (χ0n) is 10.8. The molecule has 0 aromatic heterocycles. The van der Waals surface area contributed by atoms with Crippen LogP contribution in [0.4, 0.5) is 0 Å². The van der Waals surface area contributed by atoms with Crippen molar-refractivity contribution in [1.29, 1.82) is 0 Å². The first kappa shape index (κ1) is 15.6. The summed E-state index contributed by atoms with van der Waals surface area (Å²) in [5.41, 5.74) is 0. The molecule has 0 N–H and O–H groups in total. The molecule has 0 atom stereocenters. The van der Waals surface area contributed by atoms with Gasteiger partial charge in [0.05, 0.1) is 0 Å². The Morgan fingerprint density at radius 2 is 1.76 bits per heavy atom. The summed E-state index contributed by atoms with van der Waals surface area (Å²) in [6, 6.07) is 0. The zero-order valence-corrected chi connectivity index (χ0v) is 10.8. The molecular weight excluding hydrogens is 212 g/mol. The van der Waals surface area contributed by atoms with Gasteiger partial charge in [-0.1, -0.05) is 37.3 Å². The normalized spacial score (nSPS) is 11.9. The number of carbonyl (C=O) groups is 2. The van der Waals surface area contributed by atoms with E-state index in [4.69, 9.17) is 0 Å². The smallest absolute Gasteiger partial charge is 0.155 e. The van der Waals surface area contributed by atoms with Gasteiger partial charge in [-0.2, -0.15) is 0 Å². The van der Waals surface area contributed by atoms with Crippen molar-refractivity contribution in [3.8, 4) is 0 Å². The summed E-state index contributed by atoms with van der Waals surface area (Å²) in [4.78, 5) is 22.0. The van der Waals surface area contributed by atoms with Gasteiger partial charge in [0.15, 0.2) is 5.78 Å². The molecule has 0 aliphatic heterocycles. The number of carbonyl (C=O) groups excluding carboxylic acids is 2. The molecule has 0 saturated carbocycles. The first-order valence-electron chi connectivity index (χ1n) is 6.17. The molecule has 0 rings (SSSR count). The molecule has 17 heavy (non-hydrogen) atoms. The zero-order chi connectivity index (χ0) is 12.9. The van der Waals surface area contributed by atoms with Crippen LogP contribution in [0.5, 0.6) is 0 Å². The standard InChI is InChI=1S/C15H22O2/c1-3-4-5-6-7-8-9-12-15(17)13-10-11-14(2)16/h4-5,7-9,12H,3,6,10-11,13H2,1-2H3. The van der Waals surface area contributed by atoms with E-state index in [0.29, 0.717) is 19.3 Å². The molecule has 0 aliphatic rings. The van der Waals surface area contributed by atoms with Crippen LogP contribution in [0, 0.1) is 0 Å². The van der Waals surface area contributed by atoms with Crippen LogP contribution in [0.2, 0.25) is 0 Å². The molecule has 0 amide bonds. The number of Topliss-reactive ketones (excluding diaryl/α,β-unsaturated/α-hetero) is 1. The lowest BCUT2D eigenvalue weighted by Crippen LogP contribution is -1.95. The molecule has 94 valence electrons. The van der Waals surface area contributed by atoms with Crippen LogP contribution in [0.15, 0.2) is 36.5 Å². The van der Waals surface area contributed by atoms with Crippen LogP contribution in [0.25, 0.3) is 0 Å². The topological polar surface area (TPSA) is 34.1 Å². The van der Waals surface area contributed by atoms with Gasteiger partial charge in [0.25, 0.3) is 0 Å². The fourth-order valence-corrected chi connectivity index (χ4v) is 1.26. The van der Waals surface area contributed by atoms with Crippen LogP contribution < -0.4 is 0 Å². The summed E-state index contributed by atoms with van der Waals surface area (Å²) in [6.45, 7) is 3.65. The second-order valence-electron chi connectivity index (χ2n) is 3.92. The molecule has 0 aromatic carbocycles. The minimum Gasteiger partial charge on any atom is -0.300 e. The Balaban J connectivity index is 3.65. The lowest BCUT2D eigenvalue weighted by molar-refractivity contribution is -0.117. The molecule has 0 radical (unpaired) electrons. The van der Waals surface area contributed by atoms with Gasteiger partial charge in [0, 0.05) is 12.8 Å². The highest BCUT2D eigenvalue weighted by Crippen LogP contribution is 1.98. The fraction of sp³-hybridized carbons (Fsp3) is 0.467. The van der Waals surface area contributed by atoms with E-state index in [1.54, 1.807) is 19.1 Å². The Hall–Kier alpha value is -1.44. The van der Waals surface area contributed by atoms with Crippen LogP contribution in [0.1, 0.15) is 46.0 Å². The summed E-state index contributed by atoms with van der Waals surface area (Å²) < 4.78 is 0. The maximum atomic E-state index is 11.3. The van der Waals surface area contributed by atoms with E-state index in [1.165, 1.54) is 0 Å². The van der Waals surface area contributed by atoms with E-state index in [1.807, 2.05) is 12.2 Å². The Labute approximate surface area is 104 Å². The van der Waals surface area contributed by atoms with Crippen molar-refractivity contribution in [2.45, 2.75) is 46.0 Å². The molecule has 2 nitrogen and oxygen atoms in total. The molecule has 0 bridgehead atoms. The van der Waals surface area contributed by atoms with E-state index in [9.17, 15) is 9.59 Å². The maximum absolute atomic E-state index is 11.3. The third-order valence-electron chi connectivity index (χ3n) is 2.16. The first-order valence-corrected chi connectivity index (χ1v) is 6.17. The van der Waals surface area contributed by atoms with Gasteiger partial charge in [0.2, 0.25) is 0 Å². The minimum absolute atomic E-state index is 0.0833. The van der Waals surface area contributed by atoms with Crippen molar-refractivity contribution >= 4 is 11.6 Å². The lowest BCUT2D eigenvalue weighted by Gasteiger charge is -1.92. The molecule has 0 fully saturated rings. The highest BCUT2D eigenvalue weighted by Gasteiger charge is 1.97. The molecule has 2 heteroatoms. The summed E-state index contributed by atoms with van der Waals surface area (Å²) in [7, 11) is 0. The third kappa shape index (κ3) is 12.5. The summed E-state index contributed by atoms with van der Waals surface area (Å²) >= 11 is 0. The maximum Gasteiger partial charge on any atom is 0.155 e. The van der Waals surface area contributed by atoms with E-state index in [-0.39, 0.29) is 11.6 Å². The Kier molecular flexibility index (Phi) is 10.1. The molecular formula is C15H22O2. The fourth-order valence-electron chi connectivity index (χ4n) is 1.26. The van der Waals surface area contributed by atoms with Crippen LogP contribution in [0.3, 0.4) is 0 Å². The van der Waals surface area contributed by atoms with Gasteiger partial charge >= 0.3 is 0 Å². The van der Waals surface area contributed by atoms with Gasteiger partial charge in [-0.05, 0) is 32.3 Å². The van der Waals surface area contributed by atoms with Gasteiger partial charge in [-0.15, -0.1) is 0 Å². The lowest BCUT2D eigenvalue weighted by atomic mass is 10.1. The van der Waals surface area contributed by atoms with Crippen molar-refractivity contribution in [1.82, 2.24) is 0 Å². The van der Waals surface area contributed by atoms with E-state index in [0.717, 1.165) is 12.8 Å². The number of allylic oxidation sites excluding steroid dienone is 6. The Morgan fingerprint density at radius 3 is 2.41 bits per heavy atom. The number of hydrogen-bond acceptors (Lipinski definition) is 2. The summed E-state index contributed by atoms with van der Waals surface area (Å²) in [5.74, 6) is 0.226. The third-order valence-corrected chi connectivity index (χ3v) is 2.16. The number of rotatable bonds is 9. The first-order chi connectivity index (χ1) is 8.16. The Morgan fingerprint density at radius 1 is 1.00 bits per heavy atom. The van der Waals surface area contributed by atoms with E-state index < -0.39 is 0 Å². The highest BCUT2D eigenvalue weighted by molar-refractivity contribution is 5.90. The van der Waals surface area contributed by atoms with Crippen molar-refractivity contribution in [3.05, 3.63) is 36.5 Å². The van der Waals surface area contributed by atoms with Crippen molar-refractivity contribution < 1.29 is 9.59 Å². The van der Waals surface area contributed by atoms with Gasteiger partial charge in [-0.3, -0.25) is 4.79 Å². The molecule has 0 spiro atoms. The highest BCUT2D eigenvalue weighted by atomic mass is 16.1. The van der Waals surface area contributed by atoms with Gasteiger partial charge in [0.1, 0.15) is 5.78 Å². The van der Waals surface area contributed by atoms with Gasteiger partial charge < -0.3 is 4.79 Å². The Bertz CT molecular complexity index is 309. The quantitative estimate of drug-likeness (QED) is 0.345. The molecule has 0 aliphatic carbocycles. The number of ketones is 2. The van der Waals surface area contributed by atoms with Gasteiger partial charge in [-0.25, -0.2) is 0 Å². The molecule has 0 heterocycles. The number of hydrogen-bond donors (Lipinski definition) is 0. The SMILES string of the molecule is CCC=CCC=CC=CC(=O)CCCC(C)=O. The second-order valence-corrected chi connectivity index (χ2v) is 3.92. The average Bonchev–Trinajstić information content (AvgIpc) is 2.27. The van der Waals surface area contributed by atoms with Crippen molar-refractivity contribution in [3.63, 3.8) is 0 Å². The van der Waals surface area contributed by atoms with Crippen LogP contribution in [-0.2, 0) is 9.59 Å². The molecule has 0 unspecified atom stereocenters. The average molecular weight is 234 g/mol. The molecule has 0 aromatic rings.